The molecule has 26 heavy (non-hydrogen) atoms. The third kappa shape index (κ3) is 2.84. The Morgan fingerprint density at radius 3 is 2.54 bits per heavy atom. The second-order valence-electron chi connectivity index (χ2n) is 6.20. The number of hydrogen-bond acceptors (Lipinski definition) is 3. The molecule has 1 unspecified atom stereocenters. The van der Waals surface area contributed by atoms with Crippen LogP contribution in [0.2, 0.25) is 0 Å². The van der Waals surface area contributed by atoms with Gasteiger partial charge in [-0.2, -0.15) is 0 Å². The molecular formula is C20H19N2O3P. The predicted octanol–water partition coefficient (Wildman–Crippen LogP) is 2.74. The molecule has 0 aliphatic heterocycles. The van der Waals surface area contributed by atoms with E-state index in [0.29, 0.717) is 21.8 Å². The molecule has 0 saturated carbocycles. The fraction of sp³-hybridized carbons (Fsp3) is 0.150. The molecule has 1 amide bonds. The smallest absolute Gasteiger partial charge is 0.266 e. The van der Waals surface area contributed by atoms with Crippen LogP contribution in [0.4, 0.5) is 0 Å². The van der Waals surface area contributed by atoms with Crippen molar-refractivity contribution in [2.45, 2.75) is 13.8 Å². The van der Waals surface area contributed by atoms with Crippen LogP contribution in [-0.2, 0) is 9.09 Å². The third-order valence-corrected chi connectivity index (χ3v) is 6.80. The molecule has 1 aromatic heterocycles. The normalized spacial score (nSPS) is 13.3. The molecule has 0 fully saturated rings. The molecule has 6 heteroatoms. The summed E-state index contributed by atoms with van der Waals surface area (Å²) in [4.78, 5) is 15.0. The van der Waals surface area contributed by atoms with Crippen LogP contribution >= 0.6 is 7.37 Å². The number of aromatic nitrogens is 1. The topological polar surface area (TPSA) is 85.2 Å². The van der Waals surface area contributed by atoms with Gasteiger partial charge in [-0.1, -0.05) is 17.6 Å². The summed E-state index contributed by atoms with van der Waals surface area (Å²) in [6, 6.07) is 10.8. The first-order valence-electron chi connectivity index (χ1n) is 7.97. The van der Waals surface area contributed by atoms with Gasteiger partial charge in [0.1, 0.15) is 5.69 Å². The Morgan fingerprint density at radius 1 is 1.19 bits per heavy atom. The third-order valence-electron chi connectivity index (χ3n) is 4.29. The minimum atomic E-state index is -3.61. The first kappa shape index (κ1) is 18.0. The van der Waals surface area contributed by atoms with Crippen molar-refractivity contribution in [1.82, 2.24) is 4.98 Å². The maximum absolute atomic E-state index is 14.0. The second-order valence-corrected chi connectivity index (χ2v) is 8.63. The summed E-state index contributed by atoms with van der Waals surface area (Å²) < 4.78 is 19.5. The van der Waals surface area contributed by atoms with E-state index >= 15 is 0 Å². The van der Waals surface area contributed by atoms with Gasteiger partial charge in [0, 0.05) is 28.9 Å². The van der Waals surface area contributed by atoms with Gasteiger partial charge in [-0.15, -0.1) is 6.42 Å². The average molecular weight is 366 g/mol. The molecule has 1 atom stereocenters. The number of aromatic amines is 1. The maximum atomic E-state index is 14.0. The summed E-state index contributed by atoms with van der Waals surface area (Å²) in [6.45, 7) is 3.78. The van der Waals surface area contributed by atoms with E-state index in [2.05, 4.69) is 10.9 Å². The highest BCUT2D eigenvalue weighted by molar-refractivity contribution is 7.75. The van der Waals surface area contributed by atoms with Gasteiger partial charge >= 0.3 is 0 Å². The number of carbonyl (C=O) groups is 1. The summed E-state index contributed by atoms with van der Waals surface area (Å²) in [5.74, 6) is 1.86. The number of H-pyrrole nitrogens is 1. The van der Waals surface area contributed by atoms with Crippen molar-refractivity contribution in [3.05, 3.63) is 58.8 Å². The molecule has 3 aromatic rings. The van der Waals surface area contributed by atoms with E-state index in [-0.39, 0.29) is 11.0 Å². The van der Waals surface area contributed by atoms with Crippen molar-refractivity contribution in [3.63, 3.8) is 0 Å². The lowest BCUT2D eigenvalue weighted by molar-refractivity contribution is 0.0997. The molecule has 0 aliphatic carbocycles. The predicted molar refractivity (Wildman–Crippen MR) is 105 cm³/mol. The molecule has 5 nitrogen and oxygen atoms in total. The molecule has 132 valence electrons. The van der Waals surface area contributed by atoms with Gasteiger partial charge in [0.05, 0.1) is 5.30 Å². The van der Waals surface area contributed by atoms with Crippen LogP contribution in [0.25, 0.3) is 10.9 Å². The average Bonchev–Trinajstić information content (AvgIpc) is 2.99. The van der Waals surface area contributed by atoms with E-state index in [0.717, 1.165) is 11.1 Å². The molecule has 2 aromatic carbocycles. The quantitative estimate of drug-likeness (QED) is 0.550. The summed E-state index contributed by atoms with van der Waals surface area (Å²) >= 11 is 0. The van der Waals surface area contributed by atoms with E-state index in [1.807, 2.05) is 38.1 Å². The zero-order chi connectivity index (χ0) is 19.1. The Hall–Kier alpha value is -2.80. The number of rotatable bonds is 4. The first-order chi connectivity index (χ1) is 12.3. The second kappa shape index (κ2) is 6.49. The Kier molecular flexibility index (Phi) is 4.50. The molecule has 1 heterocycles. The molecular weight excluding hydrogens is 347 g/mol. The van der Waals surface area contributed by atoms with Gasteiger partial charge in [-0.25, -0.2) is 0 Å². The van der Waals surface area contributed by atoms with Crippen LogP contribution in [0.3, 0.4) is 0 Å². The van der Waals surface area contributed by atoms with Crippen LogP contribution in [0.5, 0.6) is 0 Å². The van der Waals surface area contributed by atoms with E-state index in [4.69, 9.17) is 16.7 Å². The van der Waals surface area contributed by atoms with Crippen LogP contribution in [-0.4, -0.2) is 18.0 Å². The van der Waals surface area contributed by atoms with Gasteiger partial charge in [0.2, 0.25) is 0 Å². The van der Waals surface area contributed by atoms with E-state index in [1.54, 1.807) is 12.1 Å². The zero-order valence-electron chi connectivity index (χ0n) is 14.8. The van der Waals surface area contributed by atoms with Crippen LogP contribution < -0.4 is 16.3 Å². The Balaban J connectivity index is 2.42. The molecule has 0 radical (unpaired) electrons. The van der Waals surface area contributed by atoms with Crippen molar-refractivity contribution in [1.29, 1.82) is 0 Å². The molecule has 3 N–H and O–H groups in total. The van der Waals surface area contributed by atoms with E-state index < -0.39 is 13.3 Å². The lowest BCUT2D eigenvalue weighted by atomic mass is 10.1. The van der Waals surface area contributed by atoms with Crippen LogP contribution in [0.15, 0.2) is 36.4 Å². The number of aryl methyl sites for hydroxylation is 2. The lowest BCUT2D eigenvalue weighted by Gasteiger charge is -2.18. The first-order valence-corrected chi connectivity index (χ1v) is 9.60. The van der Waals surface area contributed by atoms with Crippen molar-refractivity contribution in [2.75, 3.05) is 7.11 Å². The van der Waals surface area contributed by atoms with Crippen LogP contribution in [0, 0.1) is 26.2 Å². The fourth-order valence-corrected chi connectivity index (χ4v) is 5.41. The minimum Gasteiger partial charge on any atom is -0.364 e. The number of amides is 1. The lowest BCUT2D eigenvalue weighted by Crippen LogP contribution is -2.26. The van der Waals surface area contributed by atoms with Crippen molar-refractivity contribution < 1.29 is 13.9 Å². The monoisotopic (exact) mass is 366 g/mol. The number of nitrogens with two attached hydrogens (primary N) is 1. The van der Waals surface area contributed by atoms with Crippen molar-refractivity contribution in [3.8, 4) is 12.3 Å². The molecule has 0 aliphatic rings. The number of nitrogens with one attached hydrogen (secondary N) is 1. The standard InChI is InChI=1S/C20H19N2O3P/c1-5-14-8-13(3)9-15(11-14)26(24,25-4)19-16-10-12(2)6-7-17(16)22-18(19)20(21)23/h1,6-11,22H,2-4H3,(H2,21,23). The molecule has 0 bridgehead atoms. The van der Waals surface area contributed by atoms with Gasteiger partial charge in [0.15, 0.2) is 0 Å². The summed E-state index contributed by atoms with van der Waals surface area (Å²) in [5, 5.41) is 1.35. The van der Waals surface area contributed by atoms with Gasteiger partial charge in [-0.05, 0) is 49.7 Å². The number of primary amides is 1. The summed E-state index contributed by atoms with van der Waals surface area (Å²) in [6.07, 6.45) is 5.52. The Morgan fingerprint density at radius 2 is 1.92 bits per heavy atom. The van der Waals surface area contributed by atoms with Gasteiger partial charge in [-0.3, -0.25) is 9.36 Å². The highest BCUT2D eigenvalue weighted by atomic mass is 31.2. The molecule has 3 rings (SSSR count). The highest BCUT2D eigenvalue weighted by Crippen LogP contribution is 2.47. The minimum absolute atomic E-state index is 0.0829. The molecule has 0 saturated heterocycles. The number of carbonyl (C=O) groups excluding carboxylic acids is 1. The number of benzene rings is 2. The van der Waals surface area contributed by atoms with Crippen molar-refractivity contribution >= 4 is 34.8 Å². The largest absolute Gasteiger partial charge is 0.364 e. The van der Waals surface area contributed by atoms with Crippen LogP contribution in [0.1, 0.15) is 27.2 Å². The van der Waals surface area contributed by atoms with Gasteiger partial charge < -0.3 is 15.2 Å². The fourth-order valence-electron chi connectivity index (χ4n) is 3.12. The SMILES string of the molecule is C#Cc1cc(C)cc(P(=O)(OC)c2c(C(N)=O)[nH]c3ccc(C)cc23)c1. The Labute approximate surface area is 152 Å². The summed E-state index contributed by atoms with van der Waals surface area (Å²) in [7, 11) is -2.25. The maximum Gasteiger partial charge on any atom is 0.266 e. The van der Waals surface area contributed by atoms with Gasteiger partial charge in [0.25, 0.3) is 13.3 Å². The van der Waals surface area contributed by atoms with Crippen molar-refractivity contribution in [2.24, 2.45) is 5.73 Å². The number of fused-ring (bicyclic) bond motifs is 1. The van der Waals surface area contributed by atoms with E-state index in [1.165, 1.54) is 7.11 Å². The number of terminal acetylenes is 1. The number of hydrogen-bond donors (Lipinski definition) is 2. The van der Waals surface area contributed by atoms with E-state index in [9.17, 15) is 9.36 Å². The zero-order valence-corrected chi connectivity index (χ0v) is 15.7. The molecule has 0 spiro atoms. The highest BCUT2D eigenvalue weighted by Gasteiger charge is 2.35. The Bertz CT molecular complexity index is 1120. The summed E-state index contributed by atoms with van der Waals surface area (Å²) in [5.41, 5.74) is 8.71.